The van der Waals surface area contributed by atoms with E-state index in [0.717, 1.165) is 0 Å². The van der Waals surface area contributed by atoms with Crippen molar-refractivity contribution in [3.05, 3.63) is 42.5 Å². The van der Waals surface area contributed by atoms with E-state index in [0.29, 0.717) is 33.7 Å². The number of alkyl halides is 2. The van der Waals surface area contributed by atoms with Gasteiger partial charge in [0, 0.05) is 18.7 Å². The largest absolute Gasteiger partial charge is 0.497 e. The van der Waals surface area contributed by atoms with Crippen LogP contribution < -0.4 is 19.5 Å². The number of benzene rings is 2. The van der Waals surface area contributed by atoms with Gasteiger partial charge in [0.05, 0.1) is 25.7 Å². The van der Waals surface area contributed by atoms with Crippen molar-refractivity contribution in [2.75, 3.05) is 25.3 Å². The Labute approximate surface area is 181 Å². The molecule has 3 aromatic rings. The Balaban J connectivity index is 1.63. The summed E-state index contributed by atoms with van der Waals surface area (Å²) in [4.78, 5) is 12.4. The van der Waals surface area contributed by atoms with Gasteiger partial charge in [0.2, 0.25) is 5.91 Å². The summed E-state index contributed by atoms with van der Waals surface area (Å²) < 4.78 is 41.0. The van der Waals surface area contributed by atoms with Gasteiger partial charge in [-0.25, -0.2) is 0 Å². The van der Waals surface area contributed by atoms with E-state index in [9.17, 15) is 13.6 Å². The first-order chi connectivity index (χ1) is 14.9. The summed E-state index contributed by atoms with van der Waals surface area (Å²) in [6.07, 6.45) is 0. The maximum Gasteiger partial charge on any atom is 0.387 e. The Hall–Kier alpha value is -3.34. The quantitative estimate of drug-likeness (QED) is 0.496. The first-order valence-electron chi connectivity index (χ1n) is 9.00. The van der Waals surface area contributed by atoms with Gasteiger partial charge >= 0.3 is 6.61 Å². The number of nitrogens with one attached hydrogen (secondary N) is 1. The second kappa shape index (κ2) is 10.1. The molecule has 1 N–H and O–H groups in total. The topological polar surface area (TPSA) is 87.5 Å². The van der Waals surface area contributed by atoms with Crippen molar-refractivity contribution in [3.63, 3.8) is 0 Å². The van der Waals surface area contributed by atoms with Gasteiger partial charge in [0.1, 0.15) is 17.2 Å². The van der Waals surface area contributed by atoms with E-state index in [-0.39, 0.29) is 17.4 Å². The SMILES string of the molecule is COc1ccc(NC(=O)CSc2nnc(-c3ccc(OC(F)F)cc3)n2C)c(OC)c1. The first kappa shape index (κ1) is 22.3. The highest BCUT2D eigenvalue weighted by atomic mass is 32.2. The zero-order valence-corrected chi connectivity index (χ0v) is 17.8. The number of hydrogen-bond acceptors (Lipinski definition) is 7. The second-order valence-corrected chi connectivity index (χ2v) is 7.11. The summed E-state index contributed by atoms with van der Waals surface area (Å²) in [6.45, 7) is -2.88. The van der Waals surface area contributed by atoms with Crippen LogP contribution in [0.2, 0.25) is 0 Å². The highest BCUT2D eigenvalue weighted by Gasteiger charge is 2.15. The van der Waals surface area contributed by atoms with Gasteiger partial charge in [0.15, 0.2) is 11.0 Å². The molecule has 2 aromatic carbocycles. The van der Waals surface area contributed by atoms with Crippen molar-refractivity contribution in [1.82, 2.24) is 14.8 Å². The number of rotatable bonds is 9. The van der Waals surface area contributed by atoms with E-state index in [4.69, 9.17) is 9.47 Å². The van der Waals surface area contributed by atoms with Crippen LogP contribution in [0.3, 0.4) is 0 Å². The van der Waals surface area contributed by atoms with Crippen LogP contribution in [0.4, 0.5) is 14.5 Å². The Morgan fingerprint density at radius 1 is 1.10 bits per heavy atom. The number of thioether (sulfide) groups is 1. The third-order valence-corrected chi connectivity index (χ3v) is 5.21. The average molecular weight is 450 g/mol. The van der Waals surface area contributed by atoms with Crippen LogP contribution in [0.25, 0.3) is 11.4 Å². The minimum absolute atomic E-state index is 0.0566. The Morgan fingerprint density at radius 2 is 1.81 bits per heavy atom. The molecule has 0 atom stereocenters. The number of aromatic nitrogens is 3. The molecule has 0 bridgehead atoms. The third-order valence-electron chi connectivity index (χ3n) is 4.19. The van der Waals surface area contributed by atoms with E-state index in [1.165, 1.54) is 31.0 Å². The number of hydrogen-bond donors (Lipinski definition) is 1. The number of methoxy groups -OCH3 is 2. The maximum absolute atomic E-state index is 12.4. The zero-order valence-electron chi connectivity index (χ0n) is 17.0. The summed E-state index contributed by atoms with van der Waals surface area (Å²) >= 11 is 1.21. The minimum Gasteiger partial charge on any atom is -0.497 e. The Kier molecular flexibility index (Phi) is 7.29. The molecule has 0 aliphatic carbocycles. The van der Waals surface area contributed by atoms with Crippen LogP contribution in [0.15, 0.2) is 47.6 Å². The number of carbonyl (C=O) groups excluding carboxylic acids is 1. The molecule has 0 aliphatic heterocycles. The molecule has 1 heterocycles. The van der Waals surface area contributed by atoms with Gasteiger partial charge in [-0.1, -0.05) is 11.8 Å². The zero-order chi connectivity index (χ0) is 22.4. The van der Waals surface area contributed by atoms with E-state index in [2.05, 4.69) is 20.3 Å². The van der Waals surface area contributed by atoms with Crippen molar-refractivity contribution >= 4 is 23.4 Å². The maximum atomic E-state index is 12.4. The molecule has 3 rings (SSSR count). The predicted octanol–water partition coefficient (Wildman–Crippen LogP) is 3.83. The molecule has 1 amide bonds. The molecule has 0 fully saturated rings. The smallest absolute Gasteiger partial charge is 0.387 e. The van der Waals surface area contributed by atoms with Crippen molar-refractivity contribution in [2.24, 2.45) is 7.05 Å². The standard InChI is InChI=1S/C20H20F2N4O4S/c1-26-18(12-4-6-13(7-5-12)30-19(21)22)24-25-20(26)31-11-17(27)23-15-9-8-14(28-2)10-16(15)29-3/h4-10,19H,11H2,1-3H3,(H,23,27). The molecule has 31 heavy (non-hydrogen) atoms. The van der Waals surface area contributed by atoms with Crippen LogP contribution in [0.5, 0.6) is 17.2 Å². The van der Waals surface area contributed by atoms with E-state index >= 15 is 0 Å². The molecule has 0 aliphatic rings. The molecule has 0 spiro atoms. The number of halogens is 2. The van der Waals surface area contributed by atoms with Gasteiger partial charge < -0.3 is 24.1 Å². The predicted molar refractivity (Wildman–Crippen MR) is 112 cm³/mol. The van der Waals surface area contributed by atoms with Crippen LogP contribution in [-0.2, 0) is 11.8 Å². The molecule has 0 unspecified atom stereocenters. The molecule has 0 saturated carbocycles. The highest BCUT2D eigenvalue weighted by molar-refractivity contribution is 7.99. The van der Waals surface area contributed by atoms with Crippen molar-refractivity contribution < 1.29 is 27.8 Å². The van der Waals surface area contributed by atoms with Crippen molar-refractivity contribution in [3.8, 4) is 28.6 Å². The monoisotopic (exact) mass is 450 g/mol. The van der Waals surface area contributed by atoms with E-state index < -0.39 is 6.61 Å². The lowest BCUT2D eigenvalue weighted by Crippen LogP contribution is -2.15. The van der Waals surface area contributed by atoms with Crippen LogP contribution in [-0.4, -0.2) is 47.3 Å². The molecule has 0 radical (unpaired) electrons. The van der Waals surface area contributed by atoms with E-state index in [1.54, 1.807) is 49.1 Å². The number of ether oxygens (including phenoxy) is 3. The Bertz CT molecular complexity index is 1040. The third kappa shape index (κ3) is 5.63. The summed E-state index contributed by atoms with van der Waals surface area (Å²) in [5, 5.41) is 11.5. The van der Waals surface area contributed by atoms with Crippen LogP contribution >= 0.6 is 11.8 Å². The number of nitrogens with zero attached hydrogens (tertiary/aromatic N) is 3. The summed E-state index contributed by atoms with van der Waals surface area (Å²) in [5.74, 6) is 1.54. The molecule has 8 nitrogen and oxygen atoms in total. The minimum atomic E-state index is -2.88. The van der Waals surface area contributed by atoms with Gasteiger partial charge in [0.25, 0.3) is 0 Å². The molecular formula is C20H20F2N4O4S. The van der Waals surface area contributed by atoms with Crippen molar-refractivity contribution in [1.29, 1.82) is 0 Å². The lowest BCUT2D eigenvalue weighted by Gasteiger charge is -2.11. The molecule has 164 valence electrons. The summed E-state index contributed by atoms with van der Waals surface area (Å²) in [6, 6.07) is 11.2. The molecule has 0 saturated heterocycles. The fourth-order valence-electron chi connectivity index (χ4n) is 2.70. The van der Waals surface area contributed by atoms with Gasteiger partial charge in [-0.05, 0) is 36.4 Å². The fraction of sp³-hybridized carbons (Fsp3) is 0.250. The fourth-order valence-corrected chi connectivity index (χ4v) is 3.41. The number of anilines is 1. The van der Waals surface area contributed by atoms with Crippen LogP contribution in [0.1, 0.15) is 0 Å². The first-order valence-corrected chi connectivity index (χ1v) is 9.99. The molecule has 11 heteroatoms. The molecule has 1 aromatic heterocycles. The van der Waals surface area contributed by atoms with Gasteiger partial charge in [-0.3, -0.25) is 4.79 Å². The summed E-state index contributed by atoms with van der Waals surface area (Å²) in [7, 11) is 4.81. The summed E-state index contributed by atoms with van der Waals surface area (Å²) in [5.41, 5.74) is 1.20. The second-order valence-electron chi connectivity index (χ2n) is 6.17. The van der Waals surface area contributed by atoms with Gasteiger partial charge in [-0.15, -0.1) is 10.2 Å². The number of amides is 1. The number of carbonyl (C=O) groups is 1. The molecular weight excluding hydrogens is 430 g/mol. The van der Waals surface area contributed by atoms with Gasteiger partial charge in [-0.2, -0.15) is 8.78 Å². The van der Waals surface area contributed by atoms with Crippen LogP contribution in [0, 0.1) is 0 Å². The van der Waals surface area contributed by atoms with E-state index in [1.807, 2.05) is 0 Å². The average Bonchev–Trinajstić information content (AvgIpc) is 3.13. The normalized spacial score (nSPS) is 10.8. The Morgan fingerprint density at radius 3 is 2.45 bits per heavy atom. The lowest BCUT2D eigenvalue weighted by molar-refractivity contribution is -0.113. The van der Waals surface area contributed by atoms with Crippen molar-refractivity contribution in [2.45, 2.75) is 11.8 Å². The highest BCUT2D eigenvalue weighted by Crippen LogP contribution is 2.30. The lowest BCUT2D eigenvalue weighted by atomic mass is 10.2.